The summed E-state index contributed by atoms with van der Waals surface area (Å²) in [5.41, 5.74) is 3.13. The van der Waals surface area contributed by atoms with E-state index in [1.54, 1.807) is 0 Å². The zero-order valence-corrected chi connectivity index (χ0v) is 15.4. The molecule has 7 nitrogen and oxygen atoms in total. The number of para-hydroxylation sites is 2. The predicted octanol–water partition coefficient (Wildman–Crippen LogP) is 2.29. The summed E-state index contributed by atoms with van der Waals surface area (Å²) in [5, 5.41) is 3.11. The van der Waals surface area contributed by atoms with E-state index in [2.05, 4.69) is 43.9 Å². The van der Waals surface area contributed by atoms with Crippen LogP contribution in [0.15, 0.2) is 30.3 Å². The molecule has 0 saturated carbocycles. The van der Waals surface area contributed by atoms with Crippen LogP contribution >= 0.6 is 0 Å². The molecule has 136 valence electrons. The maximum Gasteiger partial charge on any atom is 0.150 e. The van der Waals surface area contributed by atoms with Crippen LogP contribution in [-0.2, 0) is 18.3 Å². The van der Waals surface area contributed by atoms with Crippen molar-refractivity contribution in [3.63, 3.8) is 0 Å². The van der Waals surface area contributed by atoms with Crippen LogP contribution in [0.25, 0.3) is 11.0 Å². The van der Waals surface area contributed by atoms with Gasteiger partial charge in [0.25, 0.3) is 0 Å². The minimum atomic E-state index is 0.0237. The van der Waals surface area contributed by atoms with E-state index in [1.165, 1.54) is 0 Å². The SMILES string of the molecule is CNc1cc(C)nc([C@@H]2COCCN2Cc2nc3ccccc3n2C)n1. The van der Waals surface area contributed by atoms with Crippen molar-refractivity contribution in [2.75, 3.05) is 32.1 Å². The van der Waals surface area contributed by atoms with Gasteiger partial charge in [-0.2, -0.15) is 0 Å². The number of hydrogen-bond donors (Lipinski definition) is 1. The highest BCUT2D eigenvalue weighted by Gasteiger charge is 2.28. The number of fused-ring (bicyclic) bond motifs is 1. The Kier molecular flexibility index (Phi) is 4.57. The number of nitrogens with one attached hydrogen (secondary N) is 1. The fourth-order valence-corrected chi connectivity index (χ4v) is 3.45. The van der Waals surface area contributed by atoms with E-state index in [0.717, 1.165) is 47.3 Å². The van der Waals surface area contributed by atoms with Crippen LogP contribution < -0.4 is 5.32 Å². The smallest absolute Gasteiger partial charge is 0.150 e. The van der Waals surface area contributed by atoms with E-state index in [9.17, 15) is 0 Å². The second kappa shape index (κ2) is 7.01. The summed E-state index contributed by atoms with van der Waals surface area (Å²) in [7, 11) is 3.95. The highest BCUT2D eigenvalue weighted by Crippen LogP contribution is 2.25. The van der Waals surface area contributed by atoms with E-state index in [4.69, 9.17) is 9.72 Å². The van der Waals surface area contributed by atoms with Gasteiger partial charge in [0.05, 0.1) is 36.8 Å². The number of nitrogens with zero attached hydrogens (tertiary/aromatic N) is 5. The van der Waals surface area contributed by atoms with E-state index < -0.39 is 0 Å². The number of aryl methyl sites for hydroxylation is 2. The summed E-state index contributed by atoms with van der Waals surface area (Å²) in [6, 6.07) is 10.2. The van der Waals surface area contributed by atoms with Gasteiger partial charge in [-0.1, -0.05) is 12.1 Å². The molecule has 1 atom stereocenters. The fourth-order valence-electron chi connectivity index (χ4n) is 3.45. The third-order valence-electron chi connectivity index (χ3n) is 4.89. The zero-order chi connectivity index (χ0) is 18.1. The van der Waals surface area contributed by atoms with E-state index in [-0.39, 0.29) is 6.04 Å². The standard InChI is InChI=1S/C19H24N6O/c1-13-10-17(20-2)23-19(21-13)16-12-26-9-8-25(16)11-18-22-14-6-4-5-7-15(14)24(18)3/h4-7,10,16H,8-9,11-12H2,1-3H3,(H,20,21,23)/t16-/m0/s1. The summed E-state index contributed by atoms with van der Waals surface area (Å²) >= 11 is 0. The number of aromatic nitrogens is 4. The molecule has 2 aromatic heterocycles. The highest BCUT2D eigenvalue weighted by molar-refractivity contribution is 5.75. The first-order valence-corrected chi connectivity index (χ1v) is 8.91. The van der Waals surface area contributed by atoms with Gasteiger partial charge in [-0.05, 0) is 19.1 Å². The molecule has 3 aromatic rings. The minimum Gasteiger partial charge on any atom is -0.378 e. The van der Waals surface area contributed by atoms with Crippen molar-refractivity contribution in [1.29, 1.82) is 0 Å². The average Bonchev–Trinajstić information content (AvgIpc) is 2.97. The lowest BCUT2D eigenvalue weighted by Crippen LogP contribution is -2.40. The van der Waals surface area contributed by atoms with Gasteiger partial charge in [-0.25, -0.2) is 15.0 Å². The van der Waals surface area contributed by atoms with Crippen molar-refractivity contribution in [2.24, 2.45) is 7.05 Å². The Morgan fingerprint density at radius 2 is 2.08 bits per heavy atom. The first-order chi connectivity index (χ1) is 12.7. The van der Waals surface area contributed by atoms with Gasteiger partial charge in [0.1, 0.15) is 17.5 Å². The van der Waals surface area contributed by atoms with Gasteiger partial charge in [0, 0.05) is 32.4 Å². The van der Waals surface area contributed by atoms with Crippen molar-refractivity contribution in [2.45, 2.75) is 19.5 Å². The number of rotatable bonds is 4. The number of ether oxygens (including phenoxy) is 1. The lowest BCUT2D eigenvalue weighted by Gasteiger charge is -2.34. The molecule has 26 heavy (non-hydrogen) atoms. The van der Waals surface area contributed by atoms with Gasteiger partial charge in [0.15, 0.2) is 0 Å². The largest absolute Gasteiger partial charge is 0.378 e. The number of anilines is 1. The number of benzene rings is 1. The monoisotopic (exact) mass is 352 g/mol. The Bertz CT molecular complexity index is 922. The molecule has 1 aromatic carbocycles. The van der Waals surface area contributed by atoms with Crippen molar-refractivity contribution in [3.8, 4) is 0 Å². The highest BCUT2D eigenvalue weighted by atomic mass is 16.5. The molecule has 1 fully saturated rings. The average molecular weight is 352 g/mol. The molecule has 1 aliphatic heterocycles. The van der Waals surface area contributed by atoms with Crippen molar-refractivity contribution in [1.82, 2.24) is 24.4 Å². The summed E-state index contributed by atoms with van der Waals surface area (Å²) in [6.45, 7) is 4.87. The third kappa shape index (κ3) is 3.15. The maximum absolute atomic E-state index is 5.74. The normalized spacial score (nSPS) is 18.3. The van der Waals surface area contributed by atoms with Crippen LogP contribution in [0.5, 0.6) is 0 Å². The van der Waals surface area contributed by atoms with Gasteiger partial charge in [-0.3, -0.25) is 4.90 Å². The summed E-state index contributed by atoms with van der Waals surface area (Å²) in [5.74, 6) is 2.67. The number of hydrogen-bond acceptors (Lipinski definition) is 6. The minimum absolute atomic E-state index is 0.0237. The molecule has 1 aliphatic rings. The fraction of sp³-hybridized carbons (Fsp3) is 0.421. The molecule has 1 N–H and O–H groups in total. The molecule has 3 heterocycles. The molecule has 0 unspecified atom stereocenters. The molecule has 0 amide bonds. The quantitative estimate of drug-likeness (QED) is 0.777. The summed E-state index contributed by atoms with van der Waals surface area (Å²) < 4.78 is 7.90. The molecule has 0 aliphatic carbocycles. The van der Waals surface area contributed by atoms with Crippen molar-refractivity contribution < 1.29 is 4.74 Å². The van der Waals surface area contributed by atoms with Gasteiger partial charge in [0.2, 0.25) is 0 Å². The molecule has 7 heteroatoms. The lowest BCUT2D eigenvalue weighted by molar-refractivity contribution is -0.0173. The number of morpholine rings is 1. The Balaban J connectivity index is 1.65. The Hall–Kier alpha value is -2.51. The molecule has 0 bridgehead atoms. The Morgan fingerprint density at radius 3 is 2.88 bits per heavy atom. The molecular weight excluding hydrogens is 328 g/mol. The molecule has 0 radical (unpaired) electrons. The second-order valence-corrected chi connectivity index (χ2v) is 6.64. The van der Waals surface area contributed by atoms with E-state index in [0.29, 0.717) is 13.2 Å². The van der Waals surface area contributed by atoms with E-state index in [1.807, 2.05) is 32.2 Å². The van der Waals surface area contributed by atoms with Crippen LogP contribution in [0.3, 0.4) is 0 Å². The van der Waals surface area contributed by atoms with Crippen LogP contribution in [0.4, 0.5) is 5.82 Å². The first-order valence-electron chi connectivity index (χ1n) is 8.91. The first kappa shape index (κ1) is 16.9. The van der Waals surface area contributed by atoms with Crippen LogP contribution in [-0.4, -0.2) is 51.2 Å². The van der Waals surface area contributed by atoms with Crippen LogP contribution in [0.2, 0.25) is 0 Å². The summed E-state index contributed by atoms with van der Waals surface area (Å²) in [4.78, 5) is 16.5. The molecule has 4 rings (SSSR count). The molecular formula is C19H24N6O. The molecule has 0 spiro atoms. The van der Waals surface area contributed by atoms with Crippen LogP contribution in [0, 0.1) is 6.92 Å². The van der Waals surface area contributed by atoms with Gasteiger partial charge < -0.3 is 14.6 Å². The van der Waals surface area contributed by atoms with Gasteiger partial charge >= 0.3 is 0 Å². The maximum atomic E-state index is 5.74. The Morgan fingerprint density at radius 1 is 1.23 bits per heavy atom. The molecule has 1 saturated heterocycles. The topological polar surface area (TPSA) is 68.1 Å². The Labute approximate surface area is 153 Å². The summed E-state index contributed by atoms with van der Waals surface area (Å²) in [6.07, 6.45) is 0. The predicted molar refractivity (Wildman–Crippen MR) is 101 cm³/mol. The number of imidazole rings is 1. The zero-order valence-electron chi connectivity index (χ0n) is 15.4. The van der Waals surface area contributed by atoms with Crippen LogP contribution in [0.1, 0.15) is 23.4 Å². The van der Waals surface area contributed by atoms with Crippen molar-refractivity contribution in [3.05, 3.63) is 47.7 Å². The third-order valence-corrected chi connectivity index (χ3v) is 4.89. The van der Waals surface area contributed by atoms with Crippen molar-refractivity contribution >= 4 is 16.9 Å². The second-order valence-electron chi connectivity index (χ2n) is 6.64. The van der Waals surface area contributed by atoms with E-state index >= 15 is 0 Å². The van der Waals surface area contributed by atoms with Gasteiger partial charge in [-0.15, -0.1) is 0 Å². The lowest BCUT2D eigenvalue weighted by atomic mass is 10.2.